The third-order valence-corrected chi connectivity index (χ3v) is 7.71. The Morgan fingerprint density at radius 3 is 2.50 bits per heavy atom. The van der Waals surface area contributed by atoms with E-state index in [9.17, 15) is 13.2 Å². The van der Waals surface area contributed by atoms with Crippen LogP contribution in [0, 0.1) is 0 Å². The number of rotatable bonds is 10. The van der Waals surface area contributed by atoms with Gasteiger partial charge in [0, 0.05) is 28.7 Å². The Morgan fingerprint density at radius 2 is 1.83 bits per heavy atom. The van der Waals surface area contributed by atoms with Crippen molar-refractivity contribution in [2.24, 2.45) is 4.99 Å². The molecule has 7 nitrogen and oxygen atoms in total. The number of anilines is 1. The number of aromatic nitrogens is 1. The monoisotopic (exact) mass is 524 g/mol. The Labute approximate surface area is 217 Å². The number of carbonyl (C=O) groups is 1. The van der Waals surface area contributed by atoms with E-state index in [1.165, 1.54) is 36.2 Å². The smallest absolute Gasteiger partial charge is 0.255 e. The largest absolute Gasteiger partial charge is 0.351 e. The van der Waals surface area contributed by atoms with E-state index in [4.69, 9.17) is 11.6 Å². The lowest BCUT2D eigenvalue weighted by Crippen LogP contribution is -2.14. The van der Waals surface area contributed by atoms with Crippen molar-refractivity contribution < 1.29 is 13.2 Å². The summed E-state index contributed by atoms with van der Waals surface area (Å²) in [4.78, 5) is 21.3. The first-order valence-corrected chi connectivity index (χ1v) is 13.5. The fourth-order valence-electron chi connectivity index (χ4n) is 3.22. The third-order valence-electron chi connectivity index (χ3n) is 5.67. The van der Waals surface area contributed by atoms with E-state index in [-0.39, 0.29) is 23.1 Å². The molecule has 0 bridgehead atoms. The van der Waals surface area contributed by atoms with E-state index >= 15 is 0 Å². The lowest BCUT2D eigenvalue weighted by atomic mass is 10.1. The summed E-state index contributed by atoms with van der Waals surface area (Å²) in [5.74, 6) is -0.498. The van der Waals surface area contributed by atoms with Crippen molar-refractivity contribution in [3.8, 4) is 11.3 Å². The van der Waals surface area contributed by atoms with Crippen LogP contribution < -0.4 is 10.6 Å². The lowest BCUT2D eigenvalue weighted by molar-refractivity contribution is 0.102. The molecule has 0 saturated carbocycles. The molecule has 0 atom stereocenters. The molecule has 9 heteroatoms. The number of halogens is 1. The number of hydrogen-bond acceptors (Lipinski definition) is 5. The SMILES string of the molecule is CC/C(C)=C(\C)NC=NCCS(=O)(=O)c1ccc(C(=O)Nc2ccc(Cl)c(-c3ccccn3)c2)cc1. The second-order valence-corrected chi connectivity index (χ2v) is 10.7. The molecule has 0 unspecified atom stereocenters. The predicted octanol–water partition coefficient (Wildman–Crippen LogP) is 5.75. The molecule has 2 N–H and O–H groups in total. The highest BCUT2D eigenvalue weighted by molar-refractivity contribution is 7.91. The number of nitrogens with zero attached hydrogens (tertiary/aromatic N) is 2. The second kappa shape index (κ2) is 12.5. The highest BCUT2D eigenvalue weighted by atomic mass is 35.5. The van der Waals surface area contributed by atoms with Crippen molar-refractivity contribution in [2.45, 2.75) is 32.1 Å². The molecule has 0 fully saturated rings. The van der Waals surface area contributed by atoms with E-state index in [0.717, 1.165) is 12.1 Å². The highest BCUT2D eigenvalue weighted by Gasteiger charge is 2.15. The molecular formula is C27H29ClN4O3S. The molecule has 3 rings (SSSR count). The van der Waals surface area contributed by atoms with Crippen LogP contribution in [-0.2, 0) is 9.84 Å². The first-order chi connectivity index (χ1) is 17.2. The van der Waals surface area contributed by atoms with Gasteiger partial charge in [0.05, 0.1) is 34.2 Å². The zero-order chi connectivity index (χ0) is 26.1. The average molecular weight is 525 g/mol. The van der Waals surface area contributed by atoms with E-state index in [0.29, 0.717) is 27.5 Å². The molecule has 2 aromatic carbocycles. The van der Waals surface area contributed by atoms with Gasteiger partial charge in [0.25, 0.3) is 5.91 Å². The summed E-state index contributed by atoms with van der Waals surface area (Å²) < 4.78 is 25.3. The third kappa shape index (κ3) is 7.26. The summed E-state index contributed by atoms with van der Waals surface area (Å²) >= 11 is 6.31. The summed E-state index contributed by atoms with van der Waals surface area (Å²) in [5.41, 5.74) is 4.48. The number of hydrogen-bond donors (Lipinski definition) is 2. The fraction of sp³-hybridized carbons (Fsp3) is 0.222. The highest BCUT2D eigenvalue weighted by Crippen LogP contribution is 2.29. The number of benzene rings is 2. The number of amides is 1. The van der Waals surface area contributed by atoms with Crippen LogP contribution in [0.15, 0.2) is 88.0 Å². The van der Waals surface area contributed by atoms with Gasteiger partial charge in [-0.2, -0.15) is 0 Å². The Bertz CT molecular complexity index is 1370. The molecular weight excluding hydrogens is 496 g/mol. The van der Waals surface area contributed by atoms with Crippen molar-refractivity contribution >= 4 is 39.4 Å². The van der Waals surface area contributed by atoms with Crippen LogP contribution in [-0.4, -0.2) is 37.9 Å². The van der Waals surface area contributed by atoms with Crippen LogP contribution in [0.1, 0.15) is 37.6 Å². The topological polar surface area (TPSA) is 101 Å². The average Bonchev–Trinajstić information content (AvgIpc) is 2.89. The molecule has 1 aromatic heterocycles. The first kappa shape index (κ1) is 27.1. The van der Waals surface area contributed by atoms with Crippen LogP contribution in [0.4, 0.5) is 5.69 Å². The summed E-state index contributed by atoms with van der Waals surface area (Å²) in [7, 11) is -3.53. The second-order valence-electron chi connectivity index (χ2n) is 8.15. The van der Waals surface area contributed by atoms with Gasteiger partial charge in [0.2, 0.25) is 0 Å². The standard InChI is InChI=1S/C27H29ClN4O3S/c1-4-19(2)20(3)31-18-29-15-16-36(34,35)23-11-8-21(9-12-23)27(33)32-22-10-13-25(28)24(17-22)26-7-5-6-14-30-26/h5-14,17-18H,4,15-16H2,1-3H3,(H,29,31)(H,32,33)/b20-19+. The first-order valence-electron chi connectivity index (χ1n) is 11.5. The summed E-state index contributed by atoms with van der Waals surface area (Å²) in [6.07, 6.45) is 4.12. The molecule has 1 heterocycles. The molecule has 3 aromatic rings. The van der Waals surface area contributed by atoms with E-state index < -0.39 is 9.84 Å². The van der Waals surface area contributed by atoms with Gasteiger partial charge in [-0.1, -0.05) is 30.2 Å². The van der Waals surface area contributed by atoms with Gasteiger partial charge in [-0.25, -0.2) is 8.42 Å². The van der Waals surface area contributed by atoms with Crippen molar-refractivity contribution in [1.29, 1.82) is 0 Å². The number of carbonyl (C=O) groups excluding carboxylic acids is 1. The molecule has 0 spiro atoms. The minimum atomic E-state index is -3.53. The molecule has 1 amide bonds. The number of pyridine rings is 1. The van der Waals surface area contributed by atoms with Gasteiger partial charge in [-0.3, -0.25) is 14.8 Å². The Balaban J connectivity index is 1.62. The summed E-state index contributed by atoms with van der Waals surface area (Å²) in [6, 6.07) is 16.5. The summed E-state index contributed by atoms with van der Waals surface area (Å²) in [5, 5.41) is 6.39. The van der Waals surface area contributed by atoms with Crippen LogP contribution in [0.5, 0.6) is 0 Å². The Hall–Kier alpha value is -3.49. The quantitative estimate of drug-likeness (QED) is 0.260. The van der Waals surface area contributed by atoms with Gasteiger partial charge in [-0.15, -0.1) is 0 Å². The van der Waals surface area contributed by atoms with E-state index in [1.807, 2.05) is 32.0 Å². The molecule has 0 radical (unpaired) electrons. The number of sulfone groups is 1. The number of aliphatic imine (C=N–C) groups is 1. The van der Waals surface area contributed by atoms with Crippen LogP contribution in [0.25, 0.3) is 11.3 Å². The minimum Gasteiger partial charge on any atom is -0.351 e. The van der Waals surface area contributed by atoms with Gasteiger partial charge in [0.15, 0.2) is 9.84 Å². The molecule has 0 saturated heterocycles. The lowest BCUT2D eigenvalue weighted by Gasteiger charge is -2.10. The number of allylic oxidation sites excluding steroid dienone is 2. The molecule has 188 valence electrons. The van der Waals surface area contributed by atoms with Gasteiger partial charge >= 0.3 is 0 Å². The van der Waals surface area contributed by atoms with Crippen LogP contribution >= 0.6 is 11.6 Å². The van der Waals surface area contributed by atoms with Crippen molar-refractivity contribution in [1.82, 2.24) is 10.3 Å². The Morgan fingerprint density at radius 1 is 1.08 bits per heavy atom. The van der Waals surface area contributed by atoms with Crippen molar-refractivity contribution in [2.75, 3.05) is 17.6 Å². The normalized spacial score (nSPS) is 12.3. The predicted molar refractivity (Wildman–Crippen MR) is 146 cm³/mol. The maximum absolute atomic E-state index is 12.7. The maximum Gasteiger partial charge on any atom is 0.255 e. The van der Waals surface area contributed by atoms with Gasteiger partial charge < -0.3 is 10.6 Å². The fourth-order valence-corrected chi connectivity index (χ4v) is 4.57. The molecule has 0 aliphatic rings. The molecule has 36 heavy (non-hydrogen) atoms. The molecule has 0 aliphatic carbocycles. The molecule has 0 aliphatic heterocycles. The van der Waals surface area contributed by atoms with Gasteiger partial charge in [0.1, 0.15) is 0 Å². The van der Waals surface area contributed by atoms with Crippen LogP contribution in [0.2, 0.25) is 5.02 Å². The summed E-state index contributed by atoms with van der Waals surface area (Å²) in [6.45, 7) is 6.17. The Kier molecular flexibility index (Phi) is 9.38. The minimum absolute atomic E-state index is 0.130. The number of nitrogens with one attached hydrogen (secondary N) is 2. The maximum atomic E-state index is 12.7. The van der Waals surface area contributed by atoms with Crippen molar-refractivity contribution in [3.63, 3.8) is 0 Å². The van der Waals surface area contributed by atoms with E-state index in [1.54, 1.807) is 24.4 Å². The zero-order valence-corrected chi connectivity index (χ0v) is 22.0. The van der Waals surface area contributed by atoms with E-state index in [2.05, 4.69) is 27.5 Å². The van der Waals surface area contributed by atoms with Crippen molar-refractivity contribution in [3.05, 3.63) is 88.7 Å². The van der Waals surface area contributed by atoms with Crippen LogP contribution in [0.3, 0.4) is 0 Å². The zero-order valence-electron chi connectivity index (χ0n) is 20.5. The van der Waals surface area contributed by atoms with Gasteiger partial charge in [-0.05, 0) is 74.9 Å².